The summed E-state index contributed by atoms with van der Waals surface area (Å²) in [5, 5.41) is 5.45. The summed E-state index contributed by atoms with van der Waals surface area (Å²) in [7, 11) is 0. The number of fused-ring (bicyclic) bond motifs is 1. The fourth-order valence-corrected chi connectivity index (χ4v) is 2.14. The van der Waals surface area contributed by atoms with Crippen LogP contribution in [0.5, 0.6) is 0 Å². The van der Waals surface area contributed by atoms with Gasteiger partial charge in [-0.3, -0.25) is 0 Å². The third-order valence-corrected chi connectivity index (χ3v) is 3.05. The number of aryl methyl sites for hydroxylation is 1. The van der Waals surface area contributed by atoms with Gasteiger partial charge in [0.1, 0.15) is 0 Å². The van der Waals surface area contributed by atoms with Crippen molar-refractivity contribution in [2.75, 3.05) is 6.54 Å². The Morgan fingerprint density at radius 3 is 2.94 bits per heavy atom. The van der Waals surface area contributed by atoms with Crippen LogP contribution in [0.15, 0.2) is 18.2 Å². The van der Waals surface area contributed by atoms with Crippen LogP contribution < -0.4 is 5.32 Å². The first-order valence-corrected chi connectivity index (χ1v) is 6.07. The zero-order chi connectivity index (χ0) is 11.5. The molecule has 0 fully saturated rings. The third-order valence-electron chi connectivity index (χ3n) is 2.81. The summed E-state index contributed by atoms with van der Waals surface area (Å²) >= 11 is 6.03. The largest absolute Gasteiger partial charge is 0.358 e. The van der Waals surface area contributed by atoms with Crippen LogP contribution in [0.25, 0.3) is 10.9 Å². The quantitative estimate of drug-likeness (QED) is 0.780. The summed E-state index contributed by atoms with van der Waals surface area (Å²) in [5.74, 6) is 0. The summed E-state index contributed by atoms with van der Waals surface area (Å²) in [5.41, 5.74) is 3.71. The first-order valence-electron chi connectivity index (χ1n) is 5.69. The Balaban J connectivity index is 2.34. The Labute approximate surface area is 101 Å². The second-order valence-electron chi connectivity index (χ2n) is 4.10. The van der Waals surface area contributed by atoms with Crippen LogP contribution in [0.2, 0.25) is 5.02 Å². The summed E-state index contributed by atoms with van der Waals surface area (Å²) in [6.07, 6.45) is 1.15. The topological polar surface area (TPSA) is 27.8 Å². The molecule has 1 heterocycles. The molecule has 0 aliphatic rings. The minimum absolute atomic E-state index is 0.795. The maximum Gasteiger partial charge on any atom is 0.0460 e. The van der Waals surface area contributed by atoms with Crippen LogP contribution in [-0.4, -0.2) is 11.5 Å². The molecule has 0 atom stereocenters. The molecule has 0 saturated carbocycles. The summed E-state index contributed by atoms with van der Waals surface area (Å²) in [4.78, 5) is 3.38. The molecule has 2 N–H and O–H groups in total. The van der Waals surface area contributed by atoms with Crippen molar-refractivity contribution < 1.29 is 0 Å². The molecule has 2 nitrogen and oxygen atoms in total. The second-order valence-corrected chi connectivity index (χ2v) is 4.53. The number of aromatic amines is 1. The van der Waals surface area contributed by atoms with Gasteiger partial charge in [-0.05, 0) is 43.7 Å². The van der Waals surface area contributed by atoms with Crippen molar-refractivity contribution in [2.24, 2.45) is 0 Å². The summed E-state index contributed by atoms with van der Waals surface area (Å²) < 4.78 is 0. The third kappa shape index (κ3) is 2.23. The number of halogens is 1. The van der Waals surface area contributed by atoms with E-state index in [9.17, 15) is 0 Å². The molecule has 0 aliphatic carbocycles. The molecule has 3 heteroatoms. The lowest BCUT2D eigenvalue weighted by molar-refractivity contribution is 0.675. The Morgan fingerprint density at radius 1 is 1.38 bits per heavy atom. The maximum atomic E-state index is 6.03. The van der Waals surface area contributed by atoms with E-state index in [1.54, 1.807) is 0 Å². The van der Waals surface area contributed by atoms with Gasteiger partial charge < -0.3 is 10.3 Å². The van der Waals surface area contributed by atoms with Crippen LogP contribution in [0.1, 0.15) is 24.6 Å². The van der Waals surface area contributed by atoms with Crippen molar-refractivity contribution in [1.29, 1.82) is 0 Å². The van der Waals surface area contributed by atoms with Crippen molar-refractivity contribution in [1.82, 2.24) is 10.3 Å². The maximum absolute atomic E-state index is 6.03. The lowest BCUT2D eigenvalue weighted by Gasteiger charge is -2.03. The van der Waals surface area contributed by atoms with Crippen LogP contribution in [0, 0.1) is 6.92 Å². The lowest BCUT2D eigenvalue weighted by Crippen LogP contribution is -2.14. The molecule has 16 heavy (non-hydrogen) atoms. The van der Waals surface area contributed by atoms with Gasteiger partial charge in [-0.2, -0.15) is 0 Å². The summed E-state index contributed by atoms with van der Waals surface area (Å²) in [6, 6.07) is 5.99. The molecule has 1 aromatic carbocycles. The average molecular weight is 237 g/mol. The van der Waals surface area contributed by atoms with E-state index in [-0.39, 0.29) is 0 Å². The van der Waals surface area contributed by atoms with E-state index in [0.717, 1.165) is 30.0 Å². The van der Waals surface area contributed by atoms with Crippen LogP contribution in [0.3, 0.4) is 0 Å². The van der Waals surface area contributed by atoms with Crippen molar-refractivity contribution in [3.8, 4) is 0 Å². The smallest absolute Gasteiger partial charge is 0.0460 e. The van der Waals surface area contributed by atoms with Gasteiger partial charge in [-0.25, -0.2) is 0 Å². The van der Waals surface area contributed by atoms with Crippen molar-refractivity contribution in [3.63, 3.8) is 0 Å². The molecular weight excluding hydrogens is 220 g/mol. The molecule has 0 amide bonds. The standard InChI is InChI=1S/C13H17ClN2/c1-3-6-15-8-12-9(2)16-13-5-4-10(14)7-11(12)13/h4-5,7,15-16H,3,6,8H2,1-2H3. The zero-order valence-electron chi connectivity index (χ0n) is 9.73. The highest BCUT2D eigenvalue weighted by Gasteiger charge is 2.07. The number of hydrogen-bond acceptors (Lipinski definition) is 1. The van der Waals surface area contributed by atoms with Gasteiger partial charge in [0.25, 0.3) is 0 Å². The van der Waals surface area contributed by atoms with Crippen LogP contribution in [0.4, 0.5) is 0 Å². The minimum atomic E-state index is 0.795. The lowest BCUT2D eigenvalue weighted by atomic mass is 10.1. The van der Waals surface area contributed by atoms with E-state index < -0.39 is 0 Å². The zero-order valence-corrected chi connectivity index (χ0v) is 10.5. The Morgan fingerprint density at radius 2 is 2.19 bits per heavy atom. The number of nitrogens with one attached hydrogen (secondary N) is 2. The van der Waals surface area contributed by atoms with Gasteiger partial charge in [0, 0.05) is 28.2 Å². The molecular formula is C13H17ClN2. The number of H-pyrrole nitrogens is 1. The molecule has 0 spiro atoms. The Hall–Kier alpha value is -0.990. The fourth-order valence-electron chi connectivity index (χ4n) is 1.97. The average Bonchev–Trinajstić information content (AvgIpc) is 2.56. The predicted octanol–water partition coefficient (Wildman–Crippen LogP) is 3.63. The predicted molar refractivity (Wildman–Crippen MR) is 70.0 cm³/mol. The molecule has 0 saturated heterocycles. The SMILES string of the molecule is CCCNCc1c(C)[nH]c2ccc(Cl)cc12. The van der Waals surface area contributed by atoms with E-state index in [4.69, 9.17) is 11.6 Å². The van der Waals surface area contributed by atoms with Gasteiger partial charge in [0.2, 0.25) is 0 Å². The van der Waals surface area contributed by atoms with Gasteiger partial charge in [0.05, 0.1) is 0 Å². The normalized spacial score (nSPS) is 11.2. The Kier molecular flexibility index (Phi) is 3.52. The minimum Gasteiger partial charge on any atom is -0.358 e. The summed E-state index contributed by atoms with van der Waals surface area (Å²) in [6.45, 7) is 6.23. The van der Waals surface area contributed by atoms with Crippen molar-refractivity contribution in [3.05, 3.63) is 34.5 Å². The highest BCUT2D eigenvalue weighted by atomic mass is 35.5. The van der Waals surface area contributed by atoms with E-state index in [1.165, 1.54) is 16.6 Å². The van der Waals surface area contributed by atoms with E-state index >= 15 is 0 Å². The van der Waals surface area contributed by atoms with Gasteiger partial charge in [-0.15, -0.1) is 0 Å². The molecule has 0 unspecified atom stereocenters. The van der Waals surface area contributed by atoms with E-state index in [1.807, 2.05) is 18.2 Å². The number of hydrogen-bond donors (Lipinski definition) is 2. The first-order chi connectivity index (χ1) is 7.72. The molecule has 2 rings (SSSR count). The highest BCUT2D eigenvalue weighted by molar-refractivity contribution is 6.31. The van der Waals surface area contributed by atoms with Crippen LogP contribution in [-0.2, 0) is 6.54 Å². The molecule has 0 bridgehead atoms. The van der Waals surface area contributed by atoms with E-state index in [0.29, 0.717) is 0 Å². The van der Waals surface area contributed by atoms with E-state index in [2.05, 4.69) is 24.1 Å². The molecule has 1 aromatic heterocycles. The first kappa shape index (κ1) is 11.5. The van der Waals surface area contributed by atoms with Gasteiger partial charge in [0.15, 0.2) is 0 Å². The van der Waals surface area contributed by atoms with Crippen LogP contribution >= 0.6 is 11.6 Å². The Bertz CT molecular complexity index is 488. The molecule has 86 valence electrons. The molecule has 2 aromatic rings. The molecule has 0 radical (unpaired) electrons. The highest BCUT2D eigenvalue weighted by Crippen LogP contribution is 2.25. The van der Waals surface area contributed by atoms with Crippen molar-refractivity contribution >= 4 is 22.5 Å². The van der Waals surface area contributed by atoms with Gasteiger partial charge >= 0.3 is 0 Å². The monoisotopic (exact) mass is 236 g/mol. The van der Waals surface area contributed by atoms with Gasteiger partial charge in [-0.1, -0.05) is 18.5 Å². The number of aromatic nitrogens is 1. The second kappa shape index (κ2) is 4.89. The number of benzene rings is 1. The van der Waals surface area contributed by atoms with Crippen molar-refractivity contribution in [2.45, 2.75) is 26.8 Å². The fraction of sp³-hybridized carbons (Fsp3) is 0.385. The molecule has 0 aliphatic heterocycles. The number of rotatable bonds is 4.